The van der Waals surface area contributed by atoms with Gasteiger partial charge in [-0.3, -0.25) is 4.79 Å². The topological polar surface area (TPSA) is 44.8 Å². The van der Waals surface area contributed by atoms with E-state index in [-0.39, 0.29) is 22.7 Å². The summed E-state index contributed by atoms with van der Waals surface area (Å²) in [5.41, 5.74) is 0.158. The van der Waals surface area contributed by atoms with Gasteiger partial charge in [-0.1, -0.05) is 19.9 Å². The Bertz CT molecular complexity index is 478. The predicted octanol–water partition coefficient (Wildman–Crippen LogP) is 3.70. The normalized spacial score (nSPS) is 35.2. The number of ether oxygens (including phenoxy) is 3. The molecule has 1 spiro atoms. The standard InChI is InChI=1S/C19H30O4/c1-5-7-15(16(20)21-6-2)18-12-17(3,4)10-14(18)11-19(13-18)22-8-9-23-19/h5,14-15H,1,6-13H2,2-4H3/t14-,15-,18-/m1/s1. The first-order chi connectivity index (χ1) is 10.9. The third kappa shape index (κ3) is 2.85. The maximum Gasteiger partial charge on any atom is 0.309 e. The van der Waals surface area contributed by atoms with E-state index in [9.17, 15) is 4.79 Å². The lowest BCUT2D eigenvalue weighted by Crippen LogP contribution is -2.39. The highest BCUT2D eigenvalue weighted by Gasteiger charge is 2.66. The van der Waals surface area contributed by atoms with Crippen molar-refractivity contribution in [2.24, 2.45) is 22.7 Å². The van der Waals surface area contributed by atoms with Crippen molar-refractivity contribution < 1.29 is 19.0 Å². The fraction of sp³-hybridized carbons (Fsp3) is 0.842. The van der Waals surface area contributed by atoms with Crippen molar-refractivity contribution in [2.45, 2.75) is 58.7 Å². The molecule has 3 fully saturated rings. The monoisotopic (exact) mass is 322 g/mol. The van der Waals surface area contributed by atoms with Gasteiger partial charge < -0.3 is 14.2 Å². The van der Waals surface area contributed by atoms with E-state index >= 15 is 0 Å². The van der Waals surface area contributed by atoms with Crippen LogP contribution in [0.2, 0.25) is 0 Å². The van der Waals surface area contributed by atoms with Crippen LogP contribution in [0.15, 0.2) is 12.7 Å². The van der Waals surface area contributed by atoms with Crippen LogP contribution in [0.1, 0.15) is 52.9 Å². The highest BCUT2D eigenvalue weighted by molar-refractivity contribution is 5.74. The molecule has 2 aliphatic carbocycles. The SMILES string of the molecule is C=CC[C@H](C(=O)OCC)[C@@]12CC(C)(C)C[C@@H]1CC1(C2)OCCO1. The predicted molar refractivity (Wildman–Crippen MR) is 87.7 cm³/mol. The van der Waals surface area contributed by atoms with Gasteiger partial charge >= 0.3 is 5.97 Å². The summed E-state index contributed by atoms with van der Waals surface area (Å²) in [5.74, 6) is -0.235. The molecule has 3 aliphatic rings. The number of hydrogen-bond acceptors (Lipinski definition) is 4. The van der Waals surface area contributed by atoms with Crippen LogP contribution in [0.4, 0.5) is 0 Å². The van der Waals surface area contributed by atoms with Gasteiger partial charge in [0.25, 0.3) is 0 Å². The van der Waals surface area contributed by atoms with Crippen molar-refractivity contribution in [3.63, 3.8) is 0 Å². The average Bonchev–Trinajstić information content (AvgIpc) is 3.08. The van der Waals surface area contributed by atoms with Gasteiger partial charge in [0, 0.05) is 12.8 Å². The molecular weight excluding hydrogens is 292 g/mol. The van der Waals surface area contributed by atoms with Crippen LogP contribution in [0.25, 0.3) is 0 Å². The first-order valence-electron chi connectivity index (χ1n) is 8.92. The summed E-state index contributed by atoms with van der Waals surface area (Å²) in [6.07, 6.45) is 6.39. The van der Waals surface area contributed by atoms with E-state index in [2.05, 4.69) is 20.4 Å². The molecule has 23 heavy (non-hydrogen) atoms. The number of allylic oxidation sites excluding steroid dienone is 1. The summed E-state index contributed by atoms with van der Waals surface area (Å²) >= 11 is 0. The fourth-order valence-corrected chi connectivity index (χ4v) is 5.63. The Hall–Kier alpha value is -0.870. The summed E-state index contributed by atoms with van der Waals surface area (Å²) in [4.78, 5) is 12.7. The Kier molecular flexibility index (Phi) is 4.35. The van der Waals surface area contributed by atoms with E-state index < -0.39 is 5.79 Å². The van der Waals surface area contributed by atoms with Crippen LogP contribution >= 0.6 is 0 Å². The van der Waals surface area contributed by atoms with Crippen LogP contribution in [-0.2, 0) is 19.0 Å². The van der Waals surface area contributed by atoms with E-state index in [1.54, 1.807) is 0 Å². The number of carbonyl (C=O) groups is 1. The summed E-state index contributed by atoms with van der Waals surface area (Å²) in [6, 6.07) is 0. The molecule has 0 radical (unpaired) electrons. The number of hydrogen-bond donors (Lipinski definition) is 0. The van der Waals surface area contributed by atoms with E-state index in [0.717, 1.165) is 25.7 Å². The van der Waals surface area contributed by atoms with Gasteiger partial charge in [-0.15, -0.1) is 6.58 Å². The molecule has 0 unspecified atom stereocenters. The zero-order valence-corrected chi connectivity index (χ0v) is 14.7. The Morgan fingerprint density at radius 2 is 2.00 bits per heavy atom. The molecule has 3 rings (SSSR count). The van der Waals surface area contributed by atoms with E-state index in [1.807, 2.05) is 13.0 Å². The van der Waals surface area contributed by atoms with Crippen LogP contribution in [0.3, 0.4) is 0 Å². The molecule has 130 valence electrons. The smallest absolute Gasteiger partial charge is 0.309 e. The molecule has 1 aliphatic heterocycles. The molecule has 4 heteroatoms. The summed E-state index contributed by atoms with van der Waals surface area (Å²) < 4.78 is 17.4. The highest BCUT2D eigenvalue weighted by atomic mass is 16.7. The second-order valence-corrected chi connectivity index (χ2v) is 8.29. The first-order valence-corrected chi connectivity index (χ1v) is 8.92. The van der Waals surface area contributed by atoms with E-state index in [4.69, 9.17) is 14.2 Å². The van der Waals surface area contributed by atoms with Gasteiger partial charge in [0.15, 0.2) is 5.79 Å². The molecule has 4 nitrogen and oxygen atoms in total. The summed E-state index contributed by atoms with van der Waals surface area (Å²) in [5, 5.41) is 0. The number of carbonyl (C=O) groups excluding carboxylic acids is 1. The molecule has 0 amide bonds. The fourth-order valence-electron chi connectivity index (χ4n) is 5.63. The van der Waals surface area contributed by atoms with Crippen molar-refractivity contribution in [3.8, 4) is 0 Å². The lowest BCUT2D eigenvalue weighted by atomic mass is 9.67. The maximum atomic E-state index is 12.7. The minimum absolute atomic E-state index is 0.0786. The van der Waals surface area contributed by atoms with Gasteiger partial charge in [0.2, 0.25) is 0 Å². The molecule has 3 atom stereocenters. The van der Waals surface area contributed by atoms with Gasteiger partial charge in [0.1, 0.15) is 0 Å². The van der Waals surface area contributed by atoms with Crippen LogP contribution in [0.5, 0.6) is 0 Å². The van der Waals surface area contributed by atoms with Crippen molar-refractivity contribution in [1.82, 2.24) is 0 Å². The van der Waals surface area contributed by atoms with Crippen LogP contribution < -0.4 is 0 Å². The number of rotatable bonds is 5. The lowest BCUT2D eigenvalue weighted by molar-refractivity contribution is -0.168. The minimum atomic E-state index is -0.465. The molecule has 1 saturated heterocycles. The van der Waals surface area contributed by atoms with Crippen molar-refractivity contribution in [2.75, 3.05) is 19.8 Å². The zero-order chi connectivity index (χ0) is 16.7. The Labute approximate surface area is 139 Å². The zero-order valence-electron chi connectivity index (χ0n) is 14.7. The molecule has 2 saturated carbocycles. The van der Waals surface area contributed by atoms with Crippen LogP contribution in [0, 0.1) is 22.7 Å². The Morgan fingerprint density at radius 1 is 1.30 bits per heavy atom. The Balaban J connectivity index is 1.95. The average molecular weight is 322 g/mol. The number of esters is 1. The van der Waals surface area contributed by atoms with Crippen molar-refractivity contribution in [1.29, 1.82) is 0 Å². The second kappa shape index (κ2) is 5.89. The summed E-state index contributed by atoms with van der Waals surface area (Å²) in [7, 11) is 0. The molecule has 0 N–H and O–H groups in total. The lowest BCUT2D eigenvalue weighted by Gasteiger charge is -2.38. The van der Waals surface area contributed by atoms with Gasteiger partial charge in [-0.05, 0) is 42.9 Å². The van der Waals surface area contributed by atoms with Crippen molar-refractivity contribution >= 4 is 5.97 Å². The minimum Gasteiger partial charge on any atom is -0.466 e. The van der Waals surface area contributed by atoms with Gasteiger partial charge in [-0.2, -0.15) is 0 Å². The third-order valence-electron chi connectivity index (χ3n) is 6.06. The van der Waals surface area contributed by atoms with Gasteiger partial charge in [0.05, 0.1) is 25.7 Å². The van der Waals surface area contributed by atoms with Gasteiger partial charge in [-0.25, -0.2) is 0 Å². The van der Waals surface area contributed by atoms with E-state index in [0.29, 0.717) is 32.2 Å². The maximum absolute atomic E-state index is 12.7. The molecular formula is C19H30O4. The highest BCUT2D eigenvalue weighted by Crippen LogP contribution is 2.68. The Morgan fingerprint density at radius 3 is 2.61 bits per heavy atom. The summed E-state index contributed by atoms with van der Waals surface area (Å²) in [6.45, 7) is 12.1. The van der Waals surface area contributed by atoms with Crippen LogP contribution in [-0.4, -0.2) is 31.6 Å². The largest absolute Gasteiger partial charge is 0.466 e. The van der Waals surface area contributed by atoms with Crippen molar-refractivity contribution in [3.05, 3.63) is 12.7 Å². The second-order valence-electron chi connectivity index (χ2n) is 8.29. The third-order valence-corrected chi connectivity index (χ3v) is 6.06. The molecule has 0 bridgehead atoms. The quantitative estimate of drug-likeness (QED) is 0.572. The number of fused-ring (bicyclic) bond motifs is 1. The molecule has 0 aromatic heterocycles. The molecule has 0 aromatic carbocycles. The molecule has 0 aromatic rings. The van der Waals surface area contributed by atoms with E-state index in [1.165, 1.54) is 0 Å². The molecule has 1 heterocycles. The first kappa shape index (κ1) is 17.0.